The topological polar surface area (TPSA) is 50.2 Å². The summed E-state index contributed by atoms with van der Waals surface area (Å²) in [5.41, 5.74) is 0.858. The molecule has 0 aliphatic heterocycles. The molecule has 2 atom stereocenters. The summed E-state index contributed by atoms with van der Waals surface area (Å²) in [5, 5.41) is 9.14. The third-order valence-electron chi connectivity index (χ3n) is 2.30. The number of aromatic nitrogens is 1. The maximum Gasteiger partial charge on any atom is 0.307 e. The van der Waals surface area contributed by atoms with Crippen molar-refractivity contribution in [2.75, 3.05) is 0 Å². The van der Waals surface area contributed by atoms with E-state index in [0.717, 1.165) is 5.56 Å². The van der Waals surface area contributed by atoms with Crippen molar-refractivity contribution in [2.45, 2.75) is 12.3 Å². The number of hydrogen-bond donors (Lipinski definition) is 1. The molecule has 1 heterocycles. The van der Waals surface area contributed by atoms with Gasteiger partial charge in [0.1, 0.15) is 5.15 Å². The molecule has 0 unspecified atom stereocenters. The molecule has 3 nitrogen and oxygen atoms in total. The fourth-order valence-electron chi connectivity index (χ4n) is 1.49. The Morgan fingerprint density at radius 2 is 2.46 bits per heavy atom. The Labute approximate surface area is 80.4 Å². The Morgan fingerprint density at radius 3 is 3.00 bits per heavy atom. The van der Waals surface area contributed by atoms with Crippen molar-refractivity contribution in [2.24, 2.45) is 5.92 Å². The van der Waals surface area contributed by atoms with Crippen LogP contribution in [0.4, 0.5) is 0 Å². The average molecular weight is 198 g/mol. The number of halogens is 1. The van der Waals surface area contributed by atoms with E-state index in [1.54, 1.807) is 12.3 Å². The summed E-state index contributed by atoms with van der Waals surface area (Å²) >= 11 is 5.83. The molecule has 0 bridgehead atoms. The number of pyridine rings is 1. The van der Waals surface area contributed by atoms with Gasteiger partial charge in [0, 0.05) is 12.1 Å². The van der Waals surface area contributed by atoms with Gasteiger partial charge in [-0.05, 0) is 18.1 Å². The van der Waals surface area contributed by atoms with E-state index in [2.05, 4.69) is 4.98 Å². The Morgan fingerprint density at radius 1 is 1.69 bits per heavy atom. The summed E-state index contributed by atoms with van der Waals surface area (Å²) in [6.45, 7) is 0. The lowest BCUT2D eigenvalue weighted by Gasteiger charge is -1.99. The van der Waals surface area contributed by atoms with E-state index in [0.29, 0.717) is 11.6 Å². The van der Waals surface area contributed by atoms with Crippen LogP contribution in [0, 0.1) is 5.92 Å². The lowest BCUT2D eigenvalue weighted by Crippen LogP contribution is -1.99. The van der Waals surface area contributed by atoms with Crippen molar-refractivity contribution < 1.29 is 9.90 Å². The van der Waals surface area contributed by atoms with Crippen LogP contribution < -0.4 is 0 Å². The van der Waals surface area contributed by atoms with Gasteiger partial charge in [-0.2, -0.15) is 0 Å². The number of rotatable bonds is 2. The van der Waals surface area contributed by atoms with Crippen LogP contribution in [0.2, 0.25) is 5.15 Å². The molecule has 2 rings (SSSR count). The highest BCUT2D eigenvalue weighted by Crippen LogP contribution is 2.49. The molecule has 1 aliphatic rings. The van der Waals surface area contributed by atoms with Crippen LogP contribution in [-0.4, -0.2) is 16.1 Å². The summed E-state index contributed by atoms with van der Waals surface area (Å²) in [6, 6.07) is 3.61. The first-order chi connectivity index (χ1) is 6.20. The first kappa shape index (κ1) is 8.51. The summed E-state index contributed by atoms with van der Waals surface area (Å²) in [7, 11) is 0. The minimum absolute atomic E-state index is 0.0682. The number of hydrogen-bond acceptors (Lipinski definition) is 2. The zero-order valence-corrected chi connectivity index (χ0v) is 7.53. The highest BCUT2D eigenvalue weighted by atomic mass is 35.5. The van der Waals surface area contributed by atoms with Crippen LogP contribution >= 0.6 is 11.6 Å². The monoisotopic (exact) mass is 197 g/mol. The van der Waals surface area contributed by atoms with Crippen molar-refractivity contribution in [1.82, 2.24) is 4.98 Å². The maximum atomic E-state index is 10.6. The molecule has 1 N–H and O–H groups in total. The van der Waals surface area contributed by atoms with Crippen LogP contribution in [0.25, 0.3) is 0 Å². The SMILES string of the molecule is O=C(O)[C@H]1C[C@@H]1c1cccnc1Cl. The molecule has 4 heteroatoms. The molecule has 1 fully saturated rings. The van der Waals surface area contributed by atoms with Gasteiger partial charge in [0.2, 0.25) is 0 Å². The van der Waals surface area contributed by atoms with E-state index in [4.69, 9.17) is 16.7 Å². The Balaban J connectivity index is 2.21. The second kappa shape index (κ2) is 3.00. The Hall–Kier alpha value is -1.09. The van der Waals surface area contributed by atoms with Gasteiger partial charge < -0.3 is 5.11 Å². The second-order valence-electron chi connectivity index (χ2n) is 3.17. The number of aliphatic carboxylic acids is 1. The van der Waals surface area contributed by atoms with Gasteiger partial charge in [-0.3, -0.25) is 4.79 Å². The molecule has 0 saturated heterocycles. The molecular formula is C9H8ClNO2. The molecular weight excluding hydrogens is 190 g/mol. The van der Waals surface area contributed by atoms with Gasteiger partial charge in [0.05, 0.1) is 5.92 Å². The molecule has 1 aliphatic carbocycles. The highest BCUT2D eigenvalue weighted by Gasteiger charge is 2.45. The van der Waals surface area contributed by atoms with Gasteiger partial charge in [-0.15, -0.1) is 0 Å². The van der Waals surface area contributed by atoms with Gasteiger partial charge in [0.15, 0.2) is 0 Å². The number of carboxylic acid groups (broad SMARTS) is 1. The Bertz CT molecular complexity index is 353. The van der Waals surface area contributed by atoms with Crippen molar-refractivity contribution >= 4 is 17.6 Å². The molecule has 0 radical (unpaired) electrons. The lowest BCUT2D eigenvalue weighted by atomic mass is 10.1. The summed E-state index contributed by atoms with van der Waals surface area (Å²) in [6.07, 6.45) is 2.28. The lowest BCUT2D eigenvalue weighted by molar-refractivity contribution is -0.138. The molecule has 0 amide bonds. The second-order valence-corrected chi connectivity index (χ2v) is 3.53. The van der Waals surface area contributed by atoms with E-state index in [9.17, 15) is 4.79 Å². The van der Waals surface area contributed by atoms with E-state index >= 15 is 0 Å². The minimum Gasteiger partial charge on any atom is -0.481 e. The van der Waals surface area contributed by atoms with Crippen molar-refractivity contribution in [3.63, 3.8) is 0 Å². The summed E-state index contributed by atoms with van der Waals surface area (Å²) in [4.78, 5) is 14.5. The zero-order valence-electron chi connectivity index (χ0n) is 6.77. The average Bonchev–Trinajstić information content (AvgIpc) is 2.84. The number of carboxylic acids is 1. The molecule has 68 valence electrons. The predicted octanol–water partition coefficient (Wildman–Crippen LogP) is 1.92. The van der Waals surface area contributed by atoms with Crippen LogP contribution in [0.1, 0.15) is 17.9 Å². The highest BCUT2D eigenvalue weighted by molar-refractivity contribution is 6.30. The molecule has 13 heavy (non-hydrogen) atoms. The standard InChI is InChI=1S/C9H8ClNO2/c10-8-5(2-1-3-11-8)6-4-7(6)9(12)13/h1-3,6-7H,4H2,(H,12,13)/t6-,7+/m1/s1. The summed E-state index contributed by atoms with van der Waals surface area (Å²) in [5.74, 6) is -0.940. The van der Waals surface area contributed by atoms with Crippen molar-refractivity contribution in [3.05, 3.63) is 29.0 Å². The van der Waals surface area contributed by atoms with Crippen LogP contribution in [0.3, 0.4) is 0 Å². The van der Waals surface area contributed by atoms with Crippen LogP contribution in [-0.2, 0) is 4.79 Å². The van der Waals surface area contributed by atoms with E-state index in [1.807, 2.05) is 6.07 Å². The van der Waals surface area contributed by atoms with Crippen LogP contribution in [0.15, 0.2) is 18.3 Å². The third-order valence-corrected chi connectivity index (χ3v) is 2.61. The third kappa shape index (κ3) is 1.52. The fraction of sp³-hybridized carbons (Fsp3) is 0.333. The van der Waals surface area contributed by atoms with Gasteiger partial charge in [0.25, 0.3) is 0 Å². The molecule has 1 aromatic heterocycles. The first-order valence-electron chi connectivity index (χ1n) is 4.03. The predicted molar refractivity (Wildman–Crippen MR) is 47.7 cm³/mol. The van der Waals surface area contributed by atoms with Gasteiger partial charge in [-0.1, -0.05) is 17.7 Å². The normalized spacial score (nSPS) is 25.6. The van der Waals surface area contributed by atoms with Gasteiger partial charge >= 0.3 is 5.97 Å². The van der Waals surface area contributed by atoms with E-state index in [-0.39, 0.29) is 11.8 Å². The Kier molecular flexibility index (Phi) is 1.96. The maximum absolute atomic E-state index is 10.6. The number of nitrogens with zero attached hydrogens (tertiary/aromatic N) is 1. The van der Waals surface area contributed by atoms with Crippen molar-refractivity contribution in [3.8, 4) is 0 Å². The van der Waals surface area contributed by atoms with E-state index in [1.165, 1.54) is 0 Å². The van der Waals surface area contributed by atoms with Crippen molar-refractivity contribution in [1.29, 1.82) is 0 Å². The minimum atomic E-state index is -0.745. The quantitative estimate of drug-likeness (QED) is 0.737. The molecule has 1 saturated carbocycles. The van der Waals surface area contributed by atoms with Gasteiger partial charge in [-0.25, -0.2) is 4.98 Å². The smallest absolute Gasteiger partial charge is 0.307 e. The molecule has 0 aromatic carbocycles. The molecule has 0 spiro atoms. The fourth-order valence-corrected chi connectivity index (χ4v) is 1.75. The van der Waals surface area contributed by atoms with E-state index < -0.39 is 5.97 Å². The van der Waals surface area contributed by atoms with Crippen LogP contribution in [0.5, 0.6) is 0 Å². The largest absolute Gasteiger partial charge is 0.481 e. The first-order valence-corrected chi connectivity index (χ1v) is 4.41. The number of carbonyl (C=O) groups is 1. The molecule has 1 aromatic rings. The zero-order chi connectivity index (χ0) is 9.42. The summed E-state index contributed by atoms with van der Waals surface area (Å²) < 4.78 is 0.